The summed E-state index contributed by atoms with van der Waals surface area (Å²) in [5.74, 6) is 0.779. The van der Waals surface area contributed by atoms with Crippen LogP contribution in [0.2, 0.25) is 0 Å². The zero-order valence-electron chi connectivity index (χ0n) is 15.0. The van der Waals surface area contributed by atoms with Gasteiger partial charge >= 0.3 is 0 Å². The van der Waals surface area contributed by atoms with Gasteiger partial charge in [0, 0.05) is 29.3 Å². The van der Waals surface area contributed by atoms with Crippen LogP contribution >= 0.6 is 27.5 Å². The molecule has 1 aliphatic rings. The van der Waals surface area contributed by atoms with Crippen LogP contribution in [0.3, 0.4) is 0 Å². The highest BCUT2D eigenvalue weighted by Crippen LogP contribution is 2.30. The Labute approximate surface area is 171 Å². The SMILES string of the molecule is CC.ClC1=C(c2cc(Nc3cccnc3)n3ncc(Br)c3n2)C=CC=CC1. The molecule has 0 amide bonds. The molecular formula is C20H19BrClN5. The molecule has 138 valence electrons. The van der Waals surface area contributed by atoms with Crippen molar-refractivity contribution >= 4 is 50.3 Å². The molecule has 0 bridgehead atoms. The van der Waals surface area contributed by atoms with E-state index in [1.807, 2.05) is 56.4 Å². The van der Waals surface area contributed by atoms with Gasteiger partial charge in [-0.1, -0.05) is 49.8 Å². The first-order chi connectivity index (χ1) is 13.2. The van der Waals surface area contributed by atoms with Gasteiger partial charge < -0.3 is 5.32 Å². The molecular weight excluding hydrogens is 426 g/mol. The van der Waals surface area contributed by atoms with Gasteiger partial charge in [-0.3, -0.25) is 4.98 Å². The molecule has 0 aliphatic heterocycles. The summed E-state index contributed by atoms with van der Waals surface area (Å²) in [6, 6.07) is 5.76. The average molecular weight is 445 g/mol. The van der Waals surface area contributed by atoms with Gasteiger partial charge in [0.05, 0.1) is 28.2 Å². The number of hydrogen-bond donors (Lipinski definition) is 1. The topological polar surface area (TPSA) is 55.1 Å². The Morgan fingerprint density at radius 3 is 2.85 bits per heavy atom. The maximum Gasteiger partial charge on any atom is 0.172 e. The largest absolute Gasteiger partial charge is 0.339 e. The van der Waals surface area contributed by atoms with Crippen molar-refractivity contribution in [3.63, 3.8) is 0 Å². The van der Waals surface area contributed by atoms with E-state index in [9.17, 15) is 0 Å². The lowest BCUT2D eigenvalue weighted by atomic mass is 10.1. The maximum atomic E-state index is 6.47. The second-order valence-electron chi connectivity index (χ2n) is 5.43. The number of nitrogens with one attached hydrogen (secondary N) is 1. The average Bonchev–Trinajstić information content (AvgIpc) is 2.94. The van der Waals surface area contributed by atoms with Gasteiger partial charge in [0.15, 0.2) is 5.65 Å². The van der Waals surface area contributed by atoms with Crippen molar-refractivity contribution in [2.24, 2.45) is 0 Å². The Hall–Kier alpha value is -2.44. The van der Waals surface area contributed by atoms with Crippen molar-refractivity contribution in [2.75, 3.05) is 5.32 Å². The molecule has 0 radical (unpaired) electrons. The third-order valence-corrected chi connectivity index (χ3v) is 4.66. The zero-order valence-corrected chi connectivity index (χ0v) is 17.4. The number of aromatic nitrogens is 4. The molecule has 3 aromatic rings. The summed E-state index contributed by atoms with van der Waals surface area (Å²) >= 11 is 9.98. The summed E-state index contributed by atoms with van der Waals surface area (Å²) in [4.78, 5) is 8.87. The van der Waals surface area contributed by atoms with Gasteiger partial charge in [0.2, 0.25) is 0 Å². The van der Waals surface area contributed by atoms with E-state index in [2.05, 4.69) is 31.3 Å². The predicted molar refractivity (Wildman–Crippen MR) is 115 cm³/mol. The van der Waals surface area contributed by atoms with E-state index in [0.717, 1.165) is 32.3 Å². The number of hydrogen-bond acceptors (Lipinski definition) is 4. The van der Waals surface area contributed by atoms with Crippen LogP contribution in [0.25, 0.3) is 11.2 Å². The molecule has 0 fully saturated rings. The summed E-state index contributed by atoms with van der Waals surface area (Å²) in [6.45, 7) is 4.00. The highest BCUT2D eigenvalue weighted by atomic mass is 79.9. The van der Waals surface area contributed by atoms with Gasteiger partial charge in [-0.05, 0) is 28.1 Å². The molecule has 7 heteroatoms. The van der Waals surface area contributed by atoms with Crippen LogP contribution in [0.5, 0.6) is 0 Å². The van der Waals surface area contributed by atoms with Crippen molar-refractivity contribution in [3.8, 4) is 0 Å². The molecule has 0 saturated heterocycles. The number of pyridine rings is 1. The minimum Gasteiger partial charge on any atom is -0.339 e. The third kappa shape index (κ3) is 4.28. The molecule has 5 nitrogen and oxygen atoms in total. The lowest BCUT2D eigenvalue weighted by molar-refractivity contribution is 0.943. The fraction of sp³-hybridized carbons (Fsp3) is 0.150. The Morgan fingerprint density at radius 2 is 2.07 bits per heavy atom. The second kappa shape index (κ2) is 8.97. The van der Waals surface area contributed by atoms with Gasteiger partial charge in [0.25, 0.3) is 0 Å². The fourth-order valence-corrected chi connectivity index (χ4v) is 3.17. The van der Waals surface area contributed by atoms with Crippen LogP contribution in [0.4, 0.5) is 11.5 Å². The van der Waals surface area contributed by atoms with Gasteiger partial charge in [-0.15, -0.1) is 0 Å². The van der Waals surface area contributed by atoms with E-state index in [0.29, 0.717) is 12.1 Å². The van der Waals surface area contributed by atoms with Gasteiger partial charge in [-0.25, -0.2) is 4.98 Å². The van der Waals surface area contributed by atoms with Gasteiger partial charge in [0.1, 0.15) is 5.82 Å². The number of halogens is 2. The Morgan fingerprint density at radius 1 is 1.22 bits per heavy atom. The smallest absolute Gasteiger partial charge is 0.172 e. The molecule has 0 aromatic carbocycles. The molecule has 3 heterocycles. The number of fused-ring (bicyclic) bond motifs is 1. The number of anilines is 2. The molecule has 0 atom stereocenters. The molecule has 1 aliphatic carbocycles. The minimum atomic E-state index is 0.683. The molecule has 4 rings (SSSR count). The molecule has 1 N–H and O–H groups in total. The summed E-state index contributed by atoms with van der Waals surface area (Å²) in [5.41, 5.74) is 3.26. The number of nitrogens with zero attached hydrogens (tertiary/aromatic N) is 4. The fourth-order valence-electron chi connectivity index (χ4n) is 2.57. The lowest BCUT2D eigenvalue weighted by Crippen LogP contribution is -2.04. The van der Waals surface area contributed by atoms with Crippen molar-refractivity contribution in [1.29, 1.82) is 0 Å². The zero-order chi connectivity index (χ0) is 19.2. The quantitative estimate of drug-likeness (QED) is 0.528. The van der Waals surface area contributed by atoms with Crippen LogP contribution in [0, 0.1) is 0 Å². The van der Waals surface area contributed by atoms with Crippen LogP contribution in [0.1, 0.15) is 26.0 Å². The number of allylic oxidation sites excluding steroid dienone is 6. The monoisotopic (exact) mass is 443 g/mol. The maximum absolute atomic E-state index is 6.47. The van der Waals surface area contributed by atoms with Crippen molar-refractivity contribution in [1.82, 2.24) is 19.6 Å². The highest BCUT2D eigenvalue weighted by Gasteiger charge is 2.14. The highest BCUT2D eigenvalue weighted by molar-refractivity contribution is 9.10. The minimum absolute atomic E-state index is 0.683. The van der Waals surface area contributed by atoms with E-state index in [1.165, 1.54) is 0 Å². The van der Waals surface area contributed by atoms with E-state index >= 15 is 0 Å². The summed E-state index contributed by atoms with van der Waals surface area (Å²) in [5, 5.41) is 8.48. The van der Waals surface area contributed by atoms with Crippen LogP contribution in [-0.2, 0) is 0 Å². The summed E-state index contributed by atoms with van der Waals surface area (Å²) in [6.07, 6.45) is 13.8. The first-order valence-electron chi connectivity index (χ1n) is 8.66. The third-order valence-electron chi connectivity index (χ3n) is 3.74. The van der Waals surface area contributed by atoms with Crippen molar-refractivity contribution in [3.05, 3.63) is 76.3 Å². The standard InChI is InChI=1S/C18H13BrClN5.C2H6/c19-14-11-22-25-17(23-12-5-4-8-21-10-12)9-16(24-18(14)25)13-6-2-1-3-7-15(13)20;1-2/h1-6,8-11,23H,7H2;1-2H3. The van der Waals surface area contributed by atoms with Crippen LogP contribution in [0.15, 0.2) is 70.6 Å². The Balaban J connectivity index is 0.00000102. The van der Waals surface area contributed by atoms with E-state index in [4.69, 9.17) is 16.6 Å². The second-order valence-corrected chi connectivity index (χ2v) is 6.74. The normalized spacial score (nSPS) is 13.3. The van der Waals surface area contributed by atoms with Crippen molar-refractivity contribution in [2.45, 2.75) is 20.3 Å². The van der Waals surface area contributed by atoms with Crippen LogP contribution in [-0.4, -0.2) is 19.6 Å². The van der Waals surface area contributed by atoms with E-state index < -0.39 is 0 Å². The number of rotatable bonds is 3. The van der Waals surface area contributed by atoms with Crippen molar-refractivity contribution < 1.29 is 0 Å². The first kappa shape index (κ1) is 19.3. The molecule has 0 unspecified atom stereocenters. The summed E-state index contributed by atoms with van der Waals surface area (Å²) < 4.78 is 2.56. The first-order valence-corrected chi connectivity index (χ1v) is 9.83. The van der Waals surface area contributed by atoms with Crippen LogP contribution < -0.4 is 5.32 Å². The Kier molecular flexibility index (Phi) is 6.42. The van der Waals surface area contributed by atoms with E-state index in [-0.39, 0.29) is 0 Å². The molecule has 0 saturated carbocycles. The molecule has 27 heavy (non-hydrogen) atoms. The molecule has 3 aromatic heterocycles. The summed E-state index contributed by atoms with van der Waals surface area (Å²) in [7, 11) is 0. The lowest BCUT2D eigenvalue weighted by Gasteiger charge is -2.12. The van der Waals surface area contributed by atoms with Gasteiger partial charge in [-0.2, -0.15) is 9.61 Å². The predicted octanol–water partition coefficient (Wildman–Crippen LogP) is 6.12. The Bertz CT molecular complexity index is 1020. The molecule has 0 spiro atoms. The van der Waals surface area contributed by atoms with E-state index in [1.54, 1.807) is 23.1 Å².